The number of hydrogen-bond donors (Lipinski definition) is 25. The zero-order valence-corrected chi connectivity index (χ0v) is 48.5. The van der Waals surface area contributed by atoms with Gasteiger partial charge in [-0.05, 0) is 0 Å². The zero-order valence-electron chi connectivity index (χ0n) is 48.5. The molecule has 7 rings (SSSR count). The second-order valence-electron chi connectivity index (χ2n) is 22.6. The van der Waals surface area contributed by atoms with Gasteiger partial charge >= 0.3 is 0 Å². The molecule has 0 aromatic heterocycles. The van der Waals surface area contributed by atoms with Gasteiger partial charge < -0.3 is 194 Å². The van der Waals surface area contributed by atoms with E-state index in [4.69, 9.17) is 66.3 Å². The molecule has 530 valence electrons. The van der Waals surface area contributed by atoms with Crippen molar-refractivity contribution in [3.05, 3.63) is 0 Å². The normalized spacial score (nSPS) is 48.1. The van der Waals surface area contributed by atoms with Gasteiger partial charge in [0.05, 0.1) is 59.5 Å². The lowest BCUT2D eigenvalue weighted by molar-refractivity contribution is -0.400. The Morgan fingerprint density at radius 1 is 0.319 bits per heavy atom. The molecule has 7 heterocycles. The largest absolute Gasteiger partial charge is 0.394 e. The van der Waals surface area contributed by atoms with E-state index >= 15 is 0 Å². The molecule has 0 aromatic carbocycles. The summed E-state index contributed by atoms with van der Waals surface area (Å²) < 4.78 is 81.0. The van der Waals surface area contributed by atoms with E-state index < -0.39 is 298 Å². The van der Waals surface area contributed by atoms with Crippen molar-refractivity contribution in [2.24, 2.45) is 0 Å². The third-order valence-corrected chi connectivity index (χ3v) is 16.4. The quantitative estimate of drug-likeness (QED) is 0.0382. The lowest BCUT2D eigenvalue weighted by Crippen LogP contribution is -2.70. The van der Waals surface area contributed by atoms with E-state index in [-0.39, 0.29) is 0 Å². The summed E-state index contributed by atoms with van der Waals surface area (Å²) in [7, 11) is 0. The highest BCUT2D eigenvalue weighted by molar-refractivity contribution is 5.73. The van der Waals surface area contributed by atoms with E-state index in [9.17, 15) is 127 Å². The molecule has 0 aromatic rings. The van der Waals surface area contributed by atoms with E-state index in [1.807, 2.05) is 0 Å². The highest BCUT2D eigenvalue weighted by atomic mass is 16.8. The standard InChI is InChI=1S/C50H86N2O39/c1-12(62)51-23-28(68)38(86-46-33(73)30(70)25(65)16(5-55)79-46)19(8-58)82-44(23)90-42-27(67)18(7-57)81-50(36(42)76)88-40-21(10-60)84-48(35(75)32(40)72)89-41-22(11-61)85-49(78-15(4-54)14(64)3-53)37(77)43(41)91-45-24(52-13(2)63)29(69)39(20(9-59)83-45)87-47-34(74)31(71)26(66)17(6-56)80-47/h14-50,53-61,64-77H,3-11H2,1-2H3,(H,51,62)(H,52,63)/t14-,15+,16+,17+,18+,19+,20+,21+,22+,23+,24+,25-,26-,27-,28+,29+,30-,31-,32+,33+,34+,35+,36+,37+,38+,39+,40+,41-,42-,43+,44-,45-,46-,47-,48-,49+,50-/m0/s1. The molecule has 91 heavy (non-hydrogen) atoms. The van der Waals surface area contributed by atoms with Gasteiger partial charge in [-0.2, -0.15) is 0 Å². The fraction of sp³-hybridized carbons (Fsp3) is 0.960. The van der Waals surface area contributed by atoms with E-state index in [1.165, 1.54) is 0 Å². The number of rotatable bonds is 26. The van der Waals surface area contributed by atoms with Crippen LogP contribution in [-0.2, 0) is 75.9 Å². The number of hydrogen-bond acceptors (Lipinski definition) is 39. The van der Waals surface area contributed by atoms with Gasteiger partial charge in [-0.3, -0.25) is 9.59 Å². The second-order valence-corrected chi connectivity index (χ2v) is 22.6. The topological polar surface area (TPSA) is 653 Å². The van der Waals surface area contributed by atoms with Gasteiger partial charge in [0, 0.05) is 13.8 Å². The van der Waals surface area contributed by atoms with Crippen molar-refractivity contribution < 1.29 is 193 Å². The Bertz CT molecular complexity index is 2220. The van der Waals surface area contributed by atoms with Crippen LogP contribution in [0.1, 0.15) is 13.8 Å². The van der Waals surface area contributed by atoms with Crippen LogP contribution >= 0.6 is 0 Å². The number of nitrogens with one attached hydrogen (secondary N) is 2. The van der Waals surface area contributed by atoms with Gasteiger partial charge in [0.15, 0.2) is 44.0 Å². The third-order valence-electron chi connectivity index (χ3n) is 16.4. The molecule has 37 atom stereocenters. The Hall–Kier alpha value is -2.54. The summed E-state index contributed by atoms with van der Waals surface area (Å²) in [5.74, 6) is -1.77. The van der Waals surface area contributed by atoms with E-state index in [1.54, 1.807) is 0 Å². The SMILES string of the molecule is CC(=O)N[C@H]1[C@H](O[C@H]2[C@@H](O)[C@@H](CO)O[C@@H](O[C@H]3[C@H](O)[C@@H](O)[C@H](O[C@@H]4[C@H](O[C@@H]5O[C@H](CO)[C@@H](O[C@@H]6O[C@H](CO)[C@H](O)[C@H](O)[C@H]6O)[C@H](O)[C@H]5NC(C)=O)[C@@H](O)[C@H](O[C@H](CO)[C@@H](O)CO)O[C@@H]4CO)O[C@@H]3CO)[C@@H]2O)O[C@H](CO)[C@@H](O[C@@H]2O[C@H](CO)[C@H](O)[C@H](O)[C@H]2O)[C@@H]1O. The van der Waals surface area contributed by atoms with Crippen LogP contribution in [0.3, 0.4) is 0 Å². The van der Waals surface area contributed by atoms with Crippen LogP contribution in [0.2, 0.25) is 0 Å². The maximum absolute atomic E-state index is 12.8. The molecule has 0 bridgehead atoms. The number of ether oxygens (including phenoxy) is 14. The summed E-state index contributed by atoms with van der Waals surface area (Å²) in [6, 6.07) is -3.66. The summed E-state index contributed by atoms with van der Waals surface area (Å²) in [6.45, 7) is -7.45. The molecule has 41 nitrogen and oxygen atoms in total. The molecule has 0 radical (unpaired) electrons. The first-order valence-electron chi connectivity index (χ1n) is 28.9. The van der Waals surface area contributed by atoms with E-state index in [2.05, 4.69) is 10.6 Å². The van der Waals surface area contributed by atoms with Gasteiger partial charge in [0.2, 0.25) is 11.8 Å². The maximum Gasteiger partial charge on any atom is 0.217 e. The molecule has 7 fully saturated rings. The monoisotopic (exact) mass is 1340 g/mol. The number of amides is 2. The van der Waals surface area contributed by atoms with Crippen LogP contribution in [0.15, 0.2) is 0 Å². The van der Waals surface area contributed by atoms with Crippen LogP contribution in [0, 0.1) is 0 Å². The Kier molecular flexibility index (Phi) is 28.0. The molecule has 41 heteroatoms. The Balaban J connectivity index is 1.12. The van der Waals surface area contributed by atoms with Crippen molar-refractivity contribution in [1.29, 1.82) is 0 Å². The van der Waals surface area contributed by atoms with E-state index in [0.29, 0.717) is 0 Å². The van der Waals surface area contributed by atoms with Gasteiger partial charge in [-0.25, -0.2) is 0 Å². The first-order chi connectivity index (χ1) is 43.2. The highest BCUT2D eigenvalue weighted by Gasteiger charge is 2.60. The predicted molar refractivity (Wildman–Crippen MR) is 278 cm³/mol. The second kappa shape index (κ2) is 33.6. The minimum atomic E-state index is -2.40. The number of aliphatic hydroxyl groups excluding tert-OH is 23. The number of carbonyl (C=O) groups is 2. The predicted octanol–water partition coefficient (Wildman–Crippen LogP) is -17.3. The van der Waals surface area contributed by atoms with E-state index in [0.717, 1.165) is 13.8 Å². The maximum atomic E-state index is 12.8. The fourth-order valence-corrected chi connectivity index (χ4v) is 11.4. The lowest BCUT2D eigenvalue weighted by Gasteiger charge is -2.51. The summed E-state index contributed by atoms with van der Waals surface area (Å²) in [6.07, 6.45) is -69.5. The molecule has 7 saturated heterocycles. The first kappa shape index (κ1) is 75.8. The summed E-state index contributed by atoms with van der Waals surface area (Å²) in [5, 5.41) is 252. The molecule has 0 saturated carbocycles. The van der Waals surface area contributed by atoms with Crippen LogP contribution in [0.4, 0.5) is 0 Å². The molecular formula is C50H86N2O39. The minimum Gasteiger partial charge on any atom is -0.394 e. The third kappa shape index (κ3) is 16.7. The average Bonchev–Trinajstić information content (AvgIpc) is 0.841. The smallest absolute Gasteiger partial charge is 0.217 e. The van der Waals surface area contributed by atoms with Crippen molar-refractivity contribution in [3.63, 3.8) is 0 Å². The van der Waals surface area contributed by atoms with Crippen molar-refractivity contribution >= 4 is 11.8 Å². The van der Waals surface area contributed by atoms with Crippen molar-refractivity contribution in [3.8, 4) is 0 Å². The average molecular weight is 1340 g/mol. The zero-order chi connectivity index (χ0) is 67.2. The van der Waals surface area contributed by atoms with Crippen molar-refractivity contribution in [2.45, 2.75) is 241 Å². The number of aliphatic hydroxyl groups is 23. The molecule has 0 aliphatic carbocycles. The summed E-state index contributed by atoms with van der Waals surface area (Å²) in [4.78, 5) is 25.3. The van der Waals surface area contributed by atoms with Gasteiger partial charge in [-0.15, -0.1) is 0 Å². The molecule has 0 spiro atoms. The molecule has 25 N–H and O–H groups in total. The van der Waals surface area contributed by atoms with Gasteiger partial charge in [-0.1, -0.05) is 0 Å². The highest BCUT2D eigenvalue weighted by Crippen LogP contribution is 2.39. The van der Waals surface area contributed by atoms with Crippen molar-refractivity contribution in [2.75, 3.05) is 59.5 Å². The van der Waals surface area contributed by atoms with Crippen LogP contribution in [-0.4, -0.2) is 416 Å². The summed E-state index contributed by atoms with van der Waals surface area (Å²) >= 11 is 0. The first-order valence-corrected chi connectivity index (χ1v) is 28.9. The minimum absolute atomic E-state index is 0.866. The van der Waals surface area contributed by atoms with Crippen LogP contribution < -0.4 is 10.6 Å². The molecule has 7 aliphatic rings. The van der Waals surface area contributed by atoms with Crippen LogP contribution in [0.25, 0.3) is 0 Å². The van der Waals surface area contributed by atoms with Gasteiger partial charge in [0.1, 0.15) is 183 Å². The molecule has 2 amide bonds. The molecule has 0 unspecified atom stereocenters. The van der Waals surface area contributed by atoms with Crippen molar-refractivity contribution in [1.82, 2.24) is 10.6 Å². The number of carbonyl (C=O) groups excluding carboxylic acids is 2. The fourth-order valence-electron chi connectivity index (χ4n) is 11.4. The lowest BCUT2D eigenvalue weighted by atomic mass is 9.94. The molecular weight excluding hydrogens is 1250 g/mol. The Morgan fingerprint density at radius 3 is 1.00 bits per heavy atom. The molecule has 7 aliphatic heterocycles. The Labute approximate surface area is 515 Å². The Morgan fingerprint density at radius 2 is 0.615 bits per heavy atom. The summed E-state index contributed by atoms with van der Waals surface area (Å²) in [5.41, 5.74) is 0. The van der Waals surface area contributed by atoms with Crippen LogP contribution in [0.5, 0.6) is 0 Å². The van der Waals surface area contributed by atoms with Gasteiger partial charge in [0.25, 0.3) is 0 Å².